The van der Waals surface area contributed by atoms with Gasteiger partial charge < -0.3 is 15.8 Å². The number of nitrogens with zero attached hydrogens (tertiary/aromatic N) is 1. The van der Waals surface area contributed by atoms with E-state index in [9.17, 15) is 14.9 Å². The van der Waals surface area contributed by atoms with Crippen LogP contribution < -0.4 is 11.1 Å². The molecular formula is C15H15N3O4. The van der Waals surface area contributed by atoms with Gasteiger partial charge in [-0.3, -0.25) is 10.1 Å². The molecule has 0 unspecified atom stereocenters. The summed E-state index contributed by atoms with van der Waals surface area (Å²) < 4.78 is 4.66. The van der Waals surface area contributed by atoms with Crippen molar-refractivity contribution in [3.05, 3.63) is 63.7 Å². The number of hydrogen-bond donors (Lipinski definition) is 2. The van der Waals surface area contributed by atoms with Gasteiger partial charge in [-0.15, -0.1) is 0 Å². The summed E-state index contributed by atoms with van der Waals surface area (Å²) in [7, 11) is 1.23. The van der Waals surface area contributed by atoms with Crippen molar-refractivity contribution in [1.29, 1.82) is 0 Å². The first kappa shape index (κ1) is 15.3. The Hall–Kier alpha value is -3.09. The molecule has 3 N–H and O–H groups in total. The highest BCUT2D eigenvalue weighted by atomic mass is 16.6. The van der Waals surface area contributed by atoms with E-state index < -0.39 is 10.9 Å². The van der Waals surface area contributed by atoms with Crippen LogP contribution in [0, 0.1) is 10.1 Å². The summed E-state index contributed by atoms with van der Waals surface area (Å²) in [5.41, 5.74) is 7.65. The number of benzene rings is 2. The topological polar surface area (TPSA) is 107 Å². The number of carbonyl (C=O) groups excluding carboxylic acids is 1. The van der Waals surface area contributed by atoms with Crippen molar-refractivity contribution < 1.29 is 14.5 Å². The van der Waals surface area contributed by atoms with E-state index in [0.717, 1.165) is 5.56 Å². The lowest BCUT2D eigenvalue weighted by Gasteiger charge is -2.11. The lowest BCUT2D eigenvalue weighted by Crippen LogP contribution is -2.09. The molecule has 7 heteroatoms. The van der Waals surface area contributed by atoms with E-state index in [2.05, 4.69) is 10.1 Å². The Labute approximate surface area is 126 Å². The number of nitrogens with two attached hydrogens (primary N) is 1. The smallest absolute Gasteiger partial charge is 0.340 e. The molecular weight excluding hydrogens is 286 g/mol. The number of rotatable bonds is 5. The third kappa shape index (κ3) is 3.51. The minimum Gasteiger partial charge on any atom is -0.465 e. The first-order valence-corrected chi connectivity index (χ1v) is 6.46. The van der Waals surface area contributed by atoms with Crippen LogP contribution >= 0.6 is 0 Å². The number of nitrogens with one attached hydrogen (secondary N) is 1. The zero-order valence-electron chi connectivity index (χ0n) is 11.9. The van der Waals surface area contributed by atoms with Crippen LogP contribution in [0.5, 0.6) is 0 Å². The van der Waals surface area contributed by atoms with E-state index in [0.29, 0.717) is 17.9 Å². The first-order valence-electron chi connectivity index (χ1n) is 6.46. The summed E-state index contributed by atoms with van der Waals surface area (Å²) in [6, 6.07) is 11.3. The van der Waals surface area contributed by atoms with Crippen LogP contribution in [-0.2, 0) is 11.3 Å². The highest BCUT2D eigenvalue weighted by Gasteiger charge is 2.17. The van der Waals surface area contributed by atoms with Gasteiger partial charge >= 0.3 is 5.97 Å². The Morgan fingerprint density at radius 1 is 1.27 bits per heavy atom. The number of ether oxygens (including phenoxy) is 1. The van der Waals surface area contributed by atoms with Gasteiger partial charge in [-0.25, -0.2) is 4.79 Å². The summed E-state index contributed by atoms with van der Waals surface area (Å²) >= 11 is 0. The number of nitro groups is 1. The van der Waals surface area contributed by atoms with Gasteiger partial charge in [0, 0.05) is 30.1 Å². The average molecular weight is 301 g/mol. The number of nitrogen functional groups attached to an aromatic ring is 1. The van der Waals surface area contributed by atoms with E-state index in [1.807, 2.05) is 12.1 Å². The molecule has 0 aromatic heterocycles. The number of nitro benzene ring substituents is 1. The molecule has 2 aromatic carbocycles. The molecule has 0 fully saturated rings. The lowest BCUT2D eigenvalue weighted by atomic mass is 10.1. The predicted octanol–water partition coefficient (Wildman–Crippen LogP) is 2.58. The minimum absolute atomic E-state index is 0.118. The molecule has 114 valence electrons. The van der Waals surface area contributed by atoms with Gasteiger partial charge in [0.2, 0.25) is 0 Å². The molecule has 2 aromatic rings. The Kier molecular flexibility index (Phi) is 4.57. The Bertz CT molecular complexity index is 698. The normalized spacial score (nSPS) is 10.0. The largest absolute Gasteiger partial charge is 0.465 e. The minimum atomic E-state index is -0.636. The van der Waals surface area contributed by atoms with Gasteiger partial charge in [0.15, 0.2) is 0 Å². The second kappa shape index (κ2) is 6.57. The van der Waals surface area contributed by atoms with Crippen molar-refractivity contribution in [2.24, 2.45) is 0 Å². The van der Waals surface area contributed by atoms with Gasteiger partial charge in [-0.05, 0) is 23.8 Å². The number of methoxy groups -OCH3 is 1. The van der Waals surface area contributed by atoms with E-state index in [4.69, 9.17) is 5.73 Å². The van der Waals surface area contributed by atoms with Gasteiger partial charge in [-0.2, -0.15) is 0 Å². The molecule has 0 bridgehead atoms. The fourth-order valence-corrected chi connectivity index (χ4v) is 1.91. The van der Waals surface area contributed by atoms with Crippen LogP contribution in [-0.4, -0.2) is 18.0 Å². The molecule has 22 heavy (non-hydrogen) atoms. The fraction of sp³-hybridized carbons (Fsp3) is 0.133. The molecule has 0 spiro atoms. The third-order valence-corrected chi connectivity index (χ3v) is 3.08. The van der Waals surface area contributed by atoms with Crippen LogP contribution in [0.25, 0.3) is 0 Å². The maximum atomic E-state index is 11.8. The van der Waals surface area contributed by atoms with Crippen LogP contribution in [0.15, 0.2) is 42.5 Å². The molecule has 0 saturated heterocycles. The monoisotopic (exact) mass is 301 g/mol. The molecule has 0 aliphatic carbocycles. The van der Waals surface area contributed by atoms with E-state index in [1.165, 1.54) is 25.3 Å². The van der Waals surface area contributed by atoms with Gasteiger partial charge in [0.05, 0.1) is 17.6 Å². The van der Waals surface area contributed by atoms with E-state index >= 15 is 0 Å². The summed E-state index contributed by atoms with van der Waals surface area (Å²) in [6.45, 7) is 0.447. The van der Waals surface area contributed by atoms with Crippen molar-refractivity contribution >= 4 is 23.0 Å². The number of hydrogen-bond acceptors (Lipinski definition) is 6. The molecule has 2 rings (SSSR count). The van der Waals surface area contributed by atoms with Crippen molar-refractivity contribution in [2.45, 2.75) is 6.54 Å². The number of carbonyl (C=O) groups is 1. The molecule has 0 heterocycles. The molecule has 7 nitrogen and oxygen atoms in total. The second-order valence-corrected chi connectivity index (χ2v) is 4.57. The standard InChI is InChI=1S/C15H15N3O4/c1-22-15(19)13-8-12(18(20)21)6-7-14(13)17-9-10-2-4-11(16)5-3-10/h2-8,17H,9,16H2,1H3. The average Bonchev–Trinajstić information content (AvgIpc) is 2.53. The van der Waals surface area contributed by atoms with Crippen LogP contribution in [0.1, 0.15) is 15.9 Å². The number of anilines is 2. The van der Waals surface area contributed by atoms with Crippen LogP contribution in [0.4, 0.5) is 17.1 Å². The maximum absolute atomic E-state index is 11.8. The van der Waals surface area contributed by atoms with Crippen molar-refractivity contribution in [3.8, 4) is 0 Å². The summed E-state index contributed by atoms with van der Waals surface area (Å²) in [6.07, 6.45) is 0. The van der Waals surface area contributed by atoms with Crippen molar-refractivity contribution in [2.75, 3.05) is 18.2 Å². The van der Waals surface area contributed by atoms with E-state index in [1.54, 1.807) is 12.1 Å². The highest BCUT2D eigenvalue weighted by Crippen LogP contribution is 2.23. The predicted molar refractivity (Wildman–Crippen MR) is 82.6 cm³/mol. The SMILES string of the molecule is COC(=O)c1cc([N+](=O)[O-])ccc1NCc1ccc(N)cc1. The van der Waals surface area contributed by atoms with Crippen LogP contribution in [0.3, 0.4) is 0 Å². The summed E-state index contributed by atoms with van der Waals surface area (Å²) in [4.78, 5) is 22.0. The molecule has 0 saturated carbocycles. The quantitative estimate of drug-likeness (QED) is 0.380. The van der Waals surface area contributed by atoms with Gasteiger partial charge in [0.25, 0.3) is 5.69 Å². The van der Waals surface area contributed by atoms with Gasteiger partial charge in [-0.1, -0.05) is 12.1 Å². The zero-order chi connectivity index (χ0) is 16.1. The highest BCUT2D eigenvalue weighted by molar-refractivity contribution is 5.96. The fourth-order valence-electron chi connectivity index (χ4n) is 1.91. The molecule has 0 aliphatic rings. The number of esters is 1. The molecule has 0 atom stereocenters. The number of non-ortho nitro benzene ring substituents is 1. The molecule has 0 amide bonds. The van der Waals surface area contributed by atoms with Crippen LogP contribution in [0.2, 0.25) is 0 Å². The van der Waals surface area contributed by atoms with Crippen molar-refractivity contribution in [3.63, 3.8) is 0 Å². The molecule has 0 radical (unpaired) electrons. The zero-order valence-corrected chi connectivity index (χ0v) is 11.9. The summed E-state index contributed by atoms with van der Waals surface area (Å²) in [5, 5.41) is 13.9. The lowest BCUT2D eigenvalue weighted by molar-refractivity contribution is -0.384. The second-order valence-electron chi connectivity index (χ2n) is 4.57. The third-order valence-electron chi connectivity index (χ3n) is 3.08. The molecule has 0 aliphatic heterocycles. The maximum Gasteiger partial charge on any atom is 0.340 e. The Balaban J connectivity index is 2.23. The summed E-state index contributed by atoms with van der Waals surface area (Å²) in [5.74, 6) is -0.636. The Morgan fingerprint density at radius 2 is 1.95 bits per heavy atom. The van der Waals surface area contributed by atoms with Gasteiger partial charge in [0.1, 0.15) is 0 Å². The first-order chi connectivity index (χ1) is 10.5. The Morgan fingerprint density at radius 3 is 2.55 bits per heavy atom. The van der Waals surface area contributed by atoms with E-state index in [-0.39, 0.29) is 11.3 Å². The van der Waals surface area contributed by atoms with Crippen molar-refractivity contribution in [1.82, 2.24) is 0 Å².